The molecule has 0 aliphatic rings. The van der Waals surface area contributed by atoms with Crippen LogP contribution < -0.4 is 15.8 Å². The minimum Gasteiger partial charge on any atom is -0.480 e. The number of nitrogens with two attached hydrogens (primary N) is 1. The third-order valence-corrected chi connectivity index (χ3v) is 4.16. The van der Waals surface area contributed by atoms with Gasteiger partial charge in [0.25, 0.3) is 5.91 Å². The van der Waals surface area contributed by atoms with Crippen LogP contribution in [-0.4, -0.2) is 27.2 Å². The van der Waals surface area contributed by atoms with Crippen LogP contribution in [0.5, 0.6) is 5.75 Å². The van der Waals surface area contributed by atoms with Crippen LogP contribution in [0.2, 0.25) is 0 Å². The van der Waals surface area contributed by atoms with E-state index in [4.69, 9.17) is 10.5 Å². The van der Waals surface area contributed by atoms with E-state index < -0.39 is 6.10 Å². The number of anilines is 1. The minimum absolute atomic E-state index is 0.184. The van der Waals surface area contributed by atoms with Crippen molar-refractivity contribution < 1.29 is 9.53 Å². The van der Waals surface area contributed by atoms with Crippen molar-refractivity contribution in [1.29, 1.82) is 0 Å². The third kappa shape index (κ3) is 4.51. The number of carbonyl (C=O) groups is 1. The number of aryl methyl sites for hydroxylation is 1. The van der Waals surface area contributed by atoms with E-state index in [0.717, 1.165) is 16.9 Å². The van der Waals surface area contributed by atoms with Crippen molar-refractivity contribution in [3.05, 3.63) is 59.9 Å². The second kappa shape index (κ2) is 8.46. The Morgan fingerprint density at radius 1 is 1.22 bits per heavy atom. The van der Waals surface area contributed by atoms with E-state index in [0.29, 0.717) is 30.3 Å². The molecule has 7 heteroatoms. The molecule has 0 saturated carbocycles. The number of hydrogen-bond donors (Lipinski definition) is 3. The largest absolute Gasteiger partial charge is 0.480 e. The number of carbonyl (C=O) groups excluding carboxylic acids is 1. The van der Waals surface area contributed by atoms with Crippen LogP contribution in [0, 0.1) is 6.92 Å². The Labute approximate surface area is 158 Å². The molecule has 2 aromatic carbocycles. The summed E-state index contributed by atoms with van der Waals surface area (Å²) in [7, 11) is 0. The van der Waals surface area contributed by atoms with E-state index in [2.05, 4.69) is 20.5 Å². The van der Waals surface area contributed by atoms with E-state index in [9.17, 15) is 4.79 Å². The number of para-hydroxylation sites is 1. The van der Waals surface area contributed by atoms with Gasteiger partial charge in [-0.3, -0.25) is 9.89 Å². The molecule has 0 aliphatic heterocycles. The molecule has 0 saturated heterocycles. The molecule has 1 atom stereocenters. The molecule has 0 bridgehead atoms. The maximum absolute atomic E-state index is 12.6. The van der Waals surface area contributed by atoms with Gasteiger partial charge in [-0.2, -0.15) is 5.10 Å². The topological polar surface area (TPSA) is 106 Å². The molecule has 0 aliphatic carbocycles. The molecule has 3 rings (SSSR count). The Balaban J connectivity index is 1.66. The van der Waals surface area contributed by atoms with Crippen molar-refractivity contribution in [2.75, 3.05) is 5.32 Å². The van der Waals surface area contributed by atoms with Gasteiger partial charge in [-0.1, -0.05) is 25.1 Å². The smallest absolute Gasteiger partial charge is 0.265 e. The number of aromatic amines is 1. The maximum Gasteiger partial charge on any atom is 0.265 e. The van der Waals surface area contributed by atoms with Gasteiger partial charge in [0.1, 0.15) is 11.6 Å². The number of benzene rings is 2. The van der Waals surface area contributed by atoms with Gasteiger partial charge in [-0.15, -0.1) is 0 Å². The quantitative estimate of drug-likeness (QED) is 0.597. The molecular formula is C20H23N5O2. The fraction of sp³-hybridized carbons (Fsp3) is 0.250. The second-order valence-electron chi connectivity index (χ2n) is 6.16. The summed E-state index contributed by atoms with van der Waals surface area (Å²) in [6, 6.07) is 15.0. The van der Waals surface area contributed by atoms with Crippen LogP contribution >= 0.6 is 0 Å². The number of hydrogen-bond acceptors (Lipinski definition) is 5. The zero-order valence-corrected chi connectivity index (χ0v) is 15.4. The SMILES string of the molecule is CCC(Oc1ccccc1C)C(=O)Nc1ccc(-c2n[nH]c(CN)n2)cc1. The molecule has 0 radical (unpaired) electrons. The minimum atomic E-state index is -0.564. The lowest BCUT2D eigenvalue weighted by Crippen LogP contribution is -2.32. The van der Waals surface area contributed by atoms with Gasteiger partial charge in [0.05, 0.1) is 6.54 Å². The van der Waals surface area contributed by atoms with Crippen LogP contribution in [0.1, 0.15) is 24.7 Å². The summed E-state index contributed by atoms with van der Waals surface area (Å²) in [5.74, 6) is 1.73. The summed E-state index contributed by atoms with van der Waals surface area (Å²) in [5.41, 5.74) is 8.06. The lowest BCUT2D eigenvalue weighted by atomic mass is 10.2. The van der Waals surface area contributed by atoms with Gasteiger partial charge in [-0.05, 0) is 49.2 Å². The van der Waals surface area contributed by atoms with Gasteiger partial charge in [-0.25, -0.2) is 4.98 Å². The lowest BCUT2D eigenvalue weighted by molar-refractivity contribution is -0.122. The van der Waals surface area contributed by atoms with E-state index in [1.165, 1.54) is 0 Å². The first-order valence-electron chi connectivity index (χ1n) is 8.85. The molecule has 3 aromatic rings. The molecule has 1 aromatic heterocycles. The third-order valence-electron chi connectivity index (χ3n) is 4.16. The number of H-pyrrole nitrogens is 1. The van der Waals surface area contributed by atoms with Gasteiger partial charge in [0.2, 0.25) is 0 Å². The normalized spacial score (nSPS) is 11.8. The van der Waals surface area contributed by atoms with E-state index in [-0.39, 0.29) is 5.91 Å². The van der Waals surface area contributed by atoms with Crippen LogP contribution in [-0.2, 0) is 11.3 Å². The Hall–Kier alpha value is -3.19. The summed E-state index contributed by atoms with van der Waals surface area (Å²) in [4.78, 5) is 16.9. The predicted octanol–water partition coefficient (Wildman–Crippen LogP) is 3.03. The van der Waals surface area contributed by atoms with Crippen molar-refractivity contribution in [3.8, 4) is 17.1 Å². The fourth-order valence-corrected chi connectivity index (χ4v) is 2.61. The molecule has 7 nitrogen and oxygen atoms in total. The number of aromatic nitrogens is 3. The van der Waals surface area contributed by atoms with Gasteiger partial charge in [0, 0.05) is 11.3 Å². The van der Waals surface area contributed by atoms with E-state index >= 15 is 0 Å². The zero-order valence-electron chi connectivity index (χ0n) is 15.4. The summed E-state index contributed by atoms with van der Waals surface area (Å²) < 4.78 is 5.89. The first kappa shape index (κ1) is 18.6. The Bertz CT molecular complexity index is 905. The first-order chi connectivity index (χ1) is 13.1. The van der Waals surface area contributed by atoms with Crippen molar-refractivity contribution in [3.63, 3.8) is 0 Å². The highest BCUT2D eigenvalue weighted by Gasteiger charge is 2.19. The number of amides is 1. The average molecular weight is 365 g/mol. The molecule has 0 spiro atoms. The summed E-state index contributed by atoms with van der Waals surface area (Å²) in [5, 5.41) is 9.79. The molecule has 1 heterocycles. The molecule has 4 N–H and O–H groups in total. The van der Waals surface area contributed by atoms with Crippen molar-refractivity contribution in [2.45, 2.75) is 32.9 Å². The summed E-state index contributed by atoms with van der Waals surface area (Å²) >= 11 is 0. The highest BCUT2D eigenvalue weighted by Crippen LogP contribution is 2.21. The molecule has 140 valence electrons. The zero-order chi connectivity index (χ0) is 19.2. The second-order valence-corrected chi connectivity index (χ2v) is 6.16. The summed E-state index contributed by atoms with van der Waals surface area (Å²) in [6.45, 7) is 4.18. The van der Waals surface area contributed by atoms with Crippen LogP contribution in [0.4, 0.5) is 5.69 Å². The Kier molecular flexibility index (Phi) is 5.83. The number of ether oxygens (including phenoxy) is 1. The fourth-order valence-electron chi connectivity index (χ4n) is 2.61. The predicted molar refractivity (Wildman–Crippen MR) is 104 cm³/mol. The Morgan fingerprint density at radius 3 is 2.59 bits per heavy atom. The van der Waals surface area contributed by atoms with Gasteiger partial charge < -0.3 is 15.8 Å². The first-order valence-corrected chi connectivity index (χ1v) is 8.85. The average Bonchev–Trinajstić information content (AvgIpc) is 3.17. The molecule has 0 fully saturated rings. The lowest BCUT2D eigenvalue weighted by Gasteiger charge is -2.18. The van der Waals surface area contributed by atoms with Crippen molar-refractivity contribution >= 4 is 11.6 Å². The number of nitrogens with one attached hydrogen (secondary N) is 2. The number of rotatable bonds is 7. The van der Waals surface area contributed by atoms with Gasteiger partial charge in [0.15, 0.2) is 11.9 Å². The van der Waals surface area contributed by atoms with Crippen molar-refractivity contribution in [2.24, 2.45) is 5.73 Å². The van der Waals surface area contributed by atoms with E-state index in [1.54, 1.807) is 0 Å². The molecule has 1 unspecified atom stereocenters. The van der Waals surface area contributed by atoms with E-state index in [1.807, 2.05) is 62.4 Å². The van der Waals surface area contributed by atoms with Gasteiger partial charge >= 0.3 is 0 Å². The van der Waals surface area contributed by atoms with Crippen LogP contribution in [0.25, 0.3) is 11.4 Å². The van der Waals surface area contributed by atoms with Crippen LogP contribution in [0.3, 0.4) is 0 Å². The highest BCUT2D eigenvalue weighted by molar-refractivity contribution is 5.94. The number of nitrogens with zero attached hydrogens (tertiary/aromatic N) is 2. The maximum atomic E-state index is 12.6. The molecule has 1 amide bonds. The summed E-state index contributed by atoms with van der Waals surface area (Å²) in [6.07, 6.45) is 0.00279. The standard InChI is InChI=1S/C20H23N5O2/c1-3-16(27-17-7-5-4-6-13(17)2)20(26)22-15-10-8-14(9-11-15)19-23-18(12-21)24-25-19/h4-11,16H,3,12,21H2,1-2H3,(H,22,26)(H,23,24,25). The van der Waals surface area contributed by atoms with Crippen molar-refractivity contribution in [1.82, 2.24) is 15.2 Å². The molecular weight excluding hydrogens is 342 g/mol. The molecule has 27 heavy (non-hydrogen) atoms. The Morgan fingerprint density at radius 2 is 1.96 bits per heavy atom. The monoisotopic (exact) mass is 365 g/mol. The highest BCUT2D eigenvalue weighted by atomic mass is 16.5. The van der Waals surface area contributed by atoms with Crippen LogP contribution in [0.15, 0.2) is 48.5 Å².